The van der Waals surface area contributed by atoms with Gasteiger partial charge in [0, 0.05) is 12.8 Å². The van der Waals surface area contributed by atoms with E-state index < -0.39 is 0 Å². The second-order valence-corrected chi connectivity index (χ2v) is 6.21. The molecular weight excluding hydrogens is 224 g/mol. The first kappa shape index (κ1) is 15.4. The van der Waals surface area contributed by atoms with Gasteiger partial charge in [0.25, 0.3) is 0 Å². The zero-order valence-corrected chi connectivity index (χ0v) is 12.3. The molecule has 1 fully saturated rings. The van der Waals surface area contributed by atoms with Crippen LogP contribution < -0.4 is 0 Å². The predicted octanol–water partition coefficient (Wildman–Crippen LogP) is 3.74. The molecule has 0 aliphatic heterocycles. The summed E-state index contributed by atoms with van der Waals surface area (Å²) < 4.78 is 0. The third-order valence-corrected chi connectivity index (χ3v) is 4.14. The van der Waals surface area contributed by atoms with Crippen LogP contribution in [0.1, 0.15) is 59.8 Å². The summed E-state index contributed by atoms with van der Waals surface area (Å²) in [7, 11) is 0. The van der Waals surface area contributed by atoms with Gasteiger partial charge in [0.05, 0.1) is 6.10 Å². The van der Waals surface area contributed by atoms with Crippen LogP contribution in [-0.2, 0) is 4.79 Å². The Morgan fingerprint density at radius 2 is 2.11 bits per heavy atom. The van der Waals surface area contributed by atoms with Crippen molar-refractivity contribution in [2.24, 2.45) is 17.8 Å². The number of hydrogen-bond donors (Lipinski definition) is 1. The van der Waals surface area contributed by atoms with E-state index in [1.54, 1.807) is 0 Å². The predicted molar refractivity (Wildman–Crippen MR) is 75.3 cm³/mol. The van der Waals surface area contributed by atoms with Gasteiger partial charge in [0.15, 0.2) is 0 Å². The van der Waals surface area contributed by atoms with Crippen LogP contribution in [0, 0.1) is 17.8 Å². The fourth-order valence-electron chi connectivity index (χ4n) is 2.90. The third kappa shape index (κ3) is 4.56. The second kappa shape index (κ2) is 7.08. The summed E-state index contributed by atoms with van der Waals surface area (Å²) in [5.74, 6) is 1.60. The Morgan fingerprint density at radius 3 is 2.67 bits per heavy atom. The molecule has 0 bridgehead atoms. The molecule has 1 aliphatic carbocycles. The van der Waals surface area contributed by atoms with Gasteiger partial charge < -0.3 is 5.11 Å². The summed E-state index contributed by atoms with van der Waals surface area (Å²) in [5.41, 5.74) is 1.30. The molecule has 18 heavy (non-hydrogen) atoms. The third-order valence-electron chi connectivity index (χ3n) is 4.14. The summed E-state index contributed by atoms with van der Waals surface area (Å²) in [6, 6.07) is 0. The Kier molecular flexibility index (Phi) is 6.07. The standard InChI is InChI=1S/C16H28O2/c1-11(2)6-5-7-12(3)16-10-14(18)8-9-15(16)13(4)17/h7,11,13,15-17H,5-6,8-10H2,1-4H3/b12-7+/t13?,15-,16-/m1/s1. The largest absolute Gasteiger partial charge is 0.393 e. The molecule has 1 rings (SSSR count). The molecule has 1 aliphatic rings. The maximum absolute atomic E-state index is 11.6. The molecule has 2 nitrogen and oxygen atoms in total. The summed E-state index contributed by atoms with van der Waals surface area (Å²) in [5, 5.41) is 9.86. The Balaban J connectivity index is 2.66. The minimum atomic E-state index is -0.309. The summed E-state index contributed by atoms with van der Waals surface area (Å²) in [4.78, 5) is 11.6. The van der Waals surface area contributed by atoms with Crippen LogP contribution in [-0.4, -0.2) is 17.0 Å². The lowest BCUT2D eigenvalue weighted by Gasteiger charge is -2.33. The number of Topliss-reactive ketones (excluding diaryl/α,β-unsaturated/α-hetero) is 1. The monoisotopic (exact) mass is 252 g/mol. The molecule has 0 saturated heterocycles. The Morgan fingerprint density at radius 1 is 1.44 bits per heavy atom. The molecule has 0 spiro atoms. The quantitative estimate of drug-likeness (QED) is 0.757. The van der Waals surface area contributed by atoms with Gasteiger partial charge in [-0.15, -0.1) is 0 Å². The smallest absolute Gasteiger partial charge is 0.133 e. The topological polar surface area (TPSA) is 37.3 Å². The highest BCUT2D eigenvalue weighted by atomic mass is 16.3. The molecule has 104 valence electrons. The van der Waals surface area contributed by atoms with Crippen LogP contribution in [0.4, 0.5) is 0 Å². The first-order valence-corrected chi connectivity index (χ1v) is 7.28. The van der Waals surface area contributed by atoms with Crippen LogP contribution in [0.5, 0.6) is 0 Å². The van der Waals surface area contributed by atoms with Crippen molar-refractivity contribution in [2.45, 2.75) is 65.9 Å². The normalized spacial score (nSPS) is 27.7. The molecule has 0 amide bonds. The van der Waals surface area contributed by atoms with E-state index in [1.807, 2.05) is 6.92 Å². The average Bonchev–Trinajstić information content (AvgIpc) is 2.27. The Labute approximate surface area is 111 Å². The number of hydrogen-bond acceptors (Lipinski definition) is 2. The minimum absolute atomic E-state index is 0.262. The average molecular weight is 252 g/mol. The number of carbonyl (C=O) groups is 1. The molecule has 0 aromatic heterocycles. The molecule has 0 heterocycles. The second-order valence-electron chi connectivity index (χ2n) is 6.21. The summed E-state index contributed by atoms with van der Waals surface area (Å²) in [6.07, 6.45) is 6.36. The van der Waals surface area contributed by atoms with Crippen molar-refractivity contribution in [1.29, 1.82) is 0 Å². The van der Waals surface area contributed by atoms with Gasteiger partial charge in [0.1, 0.15) is 5.78 Å². The minimum Gasteiger partial charge on any atom is -0.393 e. The Bertz CT molecular complexity index is 302. The highest BCUT2D eigenvalue weighted by Gasteiger charge is 2.32. The first-order chi connectivity index (χ1) is 8.41. The van der Waals surface area contributed by atoms with Crippen molar-refractivity contribution in [3.63, 3.8) is 0 Å². The molecule has 1 unspecified atom stereocenters. The van der Waals surface area contributed by atoms with E-state index in [0.29, 0.717) is 18.6 Å². The van der Waals surface area contributed by atoms with Crippen LogP contribution in [0.25, 0.3) is 0 Å². The highest BCUT2D eigenvalue weighted by Crippen LogP contribution is 2.35. The summed E-state index contributed by atoms with van der Waals surface area (Å²) >= 11 is 0. The van der Waals surface area contributed by atoms with Gasteiger partial charge in [-0.25, -0.2) is 0 Å². The van der Waals surface area contributed by atoms with Gasteiger partial charge in [-0.05, 0) is 50.9 Å². The number of ketones is 1. The van der Waals surface area contributed by atoms with Gasteiger partial charge in [-0.1, -0.05) is 25.5 Å². The van der Waals surface area contributed by atoms with E-state index in [-0.39, 0.29) is 17.9 Å². The Hall–Kier alpha value is -0.630. The van der Waals surface area contributed by atoms with E-state index in [0.717, 1.165) is 18.8 Å². The molecule has 0 radical (unpaired) electrons. The van der Waals surface area contributed by atoms with Gasteiger partial charge in [-0.3, -0.25) is 4.79 Å². The number of allylic oxidation sites excluding steroid dienone is 2. The van der Waals surface area contributed by atoms with Gasteiger partial charge in [0.2, 0.25) is 0 Å². The number of aliphatic hydroxyl groups excluding tert-OH is 1. The van der Waals surface area contributed by atoms with Gasteiger partial charge >= 0.3 is 0 Å². The van der Waals surface area contributed by atoms with E-state index in [1.165, 1.54) is 12.0 Å². The number of carbonyl (C=O) groups excluding carboxylic acids is 1. The summed E-state index contributed by atoms with van der Waals surface area (Å²) in [6.45, 7) is 8.44. The first-order valence-electron chi connectivity index (χ1n) is 7.28. The van der Waals surface area contributed by atoms with Crippen molar-refractivity contribution < 1.29 is 9.90 Å². The van der Waals surface area contributed by atoms with E-state index in [4.69, 9.17) is 0 Å². The molecule has 2 heteroatoms. The van der Waals surface area contributed by atoms with Crippen LogP contribution in [0.15, 0.2) is 11.6 Å². The van der Waals surface area contributed by atoms with Crippen molar-refractivity contribution in [3.05, 3.63) is 11.6 Å². The maximum Gasteiger partial charge on any atom is 0.133 e. The zero-order chi connectivity index (χ0) is 13.7. The molecule has 1 saturated carbocycles. The van der Waals surface area contributed by atoms with Crippen molar-refractivity contribution >= 4 is 5.78 Å². The lowest BCUT2D eigenvalue weighted by atomic mass is 9.72. The zero-order valence-electron chi connectivity index (χ0n) is 12.3. The maximum atomic E-state index is 11.6. The van der Waals surface area contributed by atoms with Gasteiger partial charge in [-0.2, -0.15) is 0 Å². The fraction of sp³-hybridized carbons (Fsp3) is 0.812. The van der Waals surface area contributed by atoms with Crippen molar-refractivity contribution in [1.82, 2.24) is 0 Å². The van der Waals surface area contributed by atoms with E-state index in [9.17, 15) is 9.90 Å². The SMILES string of the molecule is C/C(=C\CCC(C)C)[C@H]1CC(=O)CC[C@@H]1C(C)O. The lowest BCUT2D eigenvalue weighted by molar-refractivity contribution is -0.123. The van der Waals surface area contributed by atoms with E-state index in [2.05, 4.69) is 26.8 Å². The fourth-order valence-corrected chi connectivity index (χ4v) is 2.90. The lowest BCUT2D eigenvalue weighted by Crippen LogP contribution is -2.32. The highest BCUT2D eigenvalue weighted by molar-refractivity contribution is 5.79. The molecule has 0 aromatic carbocycles. The molecule has 1 N–H and O–H groups in total. The molecule has 0 aromatic rings. The number of aliphatic hydroxyl groups is 1. The van der Waals surface area contributed by atoms with Crippen molar-refractivity contribution in [3.8, 4) is 0 Å². The molecular formula is C16H28O2. The molecule has 3 atom stereocenters. The number of rotatable bonds is 5. The van der Waals surface area contributed by atoms with Crippen LogP contribution in [0.2, 0.25) is 0 Å². The van der Waals surface area contributed by atoms with Crippen LogP contribution >= 0.6 is 0 Å². The van der Waals surface area contributed by atoms with Crippen LogP contribution in [0.3, 0.4) is 0 Å². The van der Waals surface area contributed by atoms with Crippen molar-refractivity contribution in [2.75, 3.05) is 0 Å². The van der Waals surface area contributed by atoms with E-state index >= 15 is 0 Å².